The topological polar surface area (TPSA) is 147 Å². The first-order chi connectivity index (χ1) is 19.1. The maximum Gasteiger partial charge on any atom is 0.332 e. The number of amides is 2. The normalized spacial score (nSPS) is 11.1. The van der Waals surface area contributed by atoms with E-state index in [4.69, 9.17) is 0 Å². The molecule has 0 saturated carbocycles. The predicted molar refractivity (Wildman–Crippen MR) is 149 cm³/mol. The SMILES string of the molecule is Cc1c(NC(=O)c2cccc(NC(=O)Cn3cnc4c3c(=O)n(C)c(=O)n4C)c2)c(=O)n(-c2ccccc2)n1C. The lowest BCUT2D eigenvalue weighted by atomic mass is 10.2. The third-order valence-corrected chi connectivity index (χ3v) is 6.73. The minimum absolute atomic E-state index is 0.118. The van der Waals surface area contributed by atoms with Gasteiger partial charge in [0.2, 0.25) is 5.91 Å². The van der Waals surface area contributed by atoms with Crippen LogP contribution >= 0.6 is 0 Å². The third-order valence-electron chi connectivity index (χ3n) is 6.73. The zero-order valence-electron chi connectivity index (χ0n) is 22.2. The van der Waals surface area contributed by atoms with Crippen molar-refractivity contribution >= 4 is 34.4 Å². The van der Waals surface area contributed by atoms with Gasteiger partial charge in [-0.3, -0.25) is 33.0 Å². The van der Waals surface area contributed by atoms with Crippen molar-refractivity contribution in [2.75, 3.05) is 10.6 Å². The standard InChI is InChI=1S/C27H26N8O5/c1-16-21(25(38)35(33(16)4)19-11-6-5-7-12-19)30-24(37)17-9-8-10-18(13-17)29-20(36)14-34-15-28-23-22(34)26(39)32(3)27(40)31(23)2/h5-13,15H,14H2,1-4H3,(H,29,36)(H,30,37). The summed E-state index contributed by atoms with van der Waals surface area (Å²) in [5.74, 6) is -0.996. The van der Waals surface area contributed by atoms with E-state index in [2.05, 4.69) is 15.6 Å². The third kappa shape index (κ3) is 4.42. The Balaban J connectivity index is 1.35. The van der Waals surface area contributed by atoms with Crippen LogP contribution < -0.4 is 27.4 Å². The van der Waals surface area contributed by atoms with Gasteiger partial charge in [-0.05, 0) is 37.3 Å². The molecule has 3 heterocycles. The van der Waals surface area contributed by atoms with Crippen molar-refractivity contribution in [1.82, 2.24) is 28.0 Å². The van der Waals surface area contributed by atoms with Crippen molar-refractivity contribution < 1.29 is 9.59 Å². The lowest BCUT2D eigenvalue weighted by Crippen LogP contribution is -2.37. The maximum absolute atomic E-state index is 13.1. The maximum atomic E-state index is 13.1. The molecule has 204 valence electrons. The van der Waals surface area contributed by atoms with E-state index in [-0.39, 0.29) is 34.5 Å². The van der Waals surface area contributed by atoms with E-state index in [0.717, 1.165) is 4.57 Å². The van der Waals surface area contributed by atoms with Crippen LogP contribution in [0.3, 0.4) is 0 Å². The molecule has 13 heteroatoms. The van der Waals surface area contributed by atoms with Crippen LogP contribution in [0.15, 0.2) is 75.3 Å². The first kappa shape index (κ1) is 26.2. The molecule has 0 unspecified atom stereocenters. The second kappa shape index (κ2) is 10.0. The molecule has 5 rings (SSSR count). The number of carbonyl (C=O) groups excluding carboxylic acids is 2. The average Bonchev–Trinajstić information content (AvgIpc) is 3.45. The van der Waals surface area contributed by atoms with Crippen LogP contribution in [0.5, 0.6) is 0 Å². The van der Waals surface area contributed by atoms with Crippen molar-refractivity contribution in [3.8, 4) is 5.69 Å². The van der Waals surface area contributed by atoms with Crippen molar-refractivity contribution in [3.63, 3.8) is 0 Å². The Morgan fingerprint density at radius 3 is 2.33 bits per heavy atom. The van der Waals surface area contributed by atoms with Gasteiger partial charge in [-0.2, -0.15) is 0 Å². The summed E-state index contributed by atoms with van der Waals surface area (Å²) >= 11 is 0. The highest BCUT2D eigenvalue weighted by molar-refractivity contribution is 6.05. The van der Waals surface area contributed by atoms with Gasteiger partial charge in [-0.25, -0.2) is 14.5 Å². The van der Waals surface area contributed by atoms with Gasteiger partial charge in [-0.1, -0.05) is 24.3 Å². The van der Waals surface area contributed by atoms with Crippen LogP contribution in [0.1, 0.15) is 16.1 Å². The molecule has 0 fully saturated rings. The highest BCUT2D eigenvalue weighted by atomic mass is 16.2. The van der Waals surface area contributed by atoms with E-state index < -0.39 is 23.1 Å². The quantitative estimate of drug-likeness (QED) is 0.329. The van der Waals surface area contributed by atoms with Crippen LogP contribution in [-0.2, 0) is 32.5 Å². The highest BCUT2D eigenvalue weighted by Crippen LogP contribution is 2.17. The summed E-state index contributed by atoms with van der Waals surface area (Å²) in [6.45, 7) is 1.49. The van der Waals surface area contributed by atoms with Crippen molar-refractivity contribution in [2.45, 2.75) is 13.5 Å². The number of carbonyl (C=O) groups is 2. The number of anilines is 2. The molecule has 0 atom stereocenters. The first-order valence-corrected chi connectivity index (χ1v) is 12.2. The number of aryl methyl sites for hydroxylation is 1. The van der Waals surface area contributed by atoms with E-state index in [1.54, 1.807) is 49.0 Å². The molecule has 2 aromatic carbocycles. The number of benzene rings is 2. The minimum Gasteiger partial charge on any atom is -0.325 e. The first-order valence-electron chi connectivity index (χ1n) is 12.2. The van der Waals surface area contributed by atoms with Gasteiger partial charge in [0.05, 0.1) is 17.7 Å². The number of hydrogen-bond acceptors (Lipinski definition) is 6. The number of fused-ring (bicyclic) bond motifs is 1. The summed E-state index contributed by atoms with van der Waals surface area (Å²) < 4.78 is 6.67. The molecule has 0 aliphatic heterocycles. The molecule has 13 nitrogen and oxygen atoms in total. The number of nitrogens with one attached hydrogen (secondary N) is 2. The smallest absolute Gasteiger partial charge is 0.325 e. The fourth-order valence-electron chi connectivity index (χ4n) is 4.51. The predicted octanol–water partition coefficient (Wildman–Crippen LogP) is 1.12. The molecule has 0 radical (unpaired) electrons. The molecule has 2 N–H and O–H groups in total. The molecule has 0 aliphatic carbocycles. The van der Waals surface area contributed by atoms with Crippen LogP contribution in [0.4, 0.5) is 11.4 Å². The van der Waals surface area contributed by atoms with E-state index in [0.29, 0.717) is 17.1 Å². The van der Waals surface area contributed by atoms with E-state index in [1.807, 2.05) is 18.2 Å². The monoisotopic (exact) mass is 542 g/mol. The van der Waals surface area contributed by atoms with E-state index in [1.165, 1.54) is 40.3 Å². The summed E-state index contributed by atoms with van der Waals surface area (Å²) in [4.78, 5) is 67.9. The molecule has 0 spiro atoms. The Bertz CT molecular complexity index is 1970. The van der Waals surface area contributed by atoms with Crippen molar-refractivity contribution in [3.05, 3.63) is 103 Å². The lowest BCUT2D eigenvalue weighted by Gasteiger charge is -2.09. The van der Waals surface area contributed by atoms with Crippen molar-refractivity contribution in [1.29, 1.82) is 0 Å². The van der Waals surface area contributed by atoms with Crippen LogP contribution in [0.25, 0.3) is 16.9 Å². The fourth-order valence-corrected chi connectivity index (χ4v) is 4.51. The number of aromatic nitrogens is 6. The van der Waals surface area contributed by atoms with Crippen LogP contribution in [0, 0.1) is 6.92 Å². The molecule has 2 amide bonds. The molecule has 0 bridgehead atoms. The largest absolute Gasteiger partial charge is 0.332 e. The Hall–Kier alpha value is -5.46. The summed E-state index contributed by atoms with van der Waals surface area (Å²) in [7, 11) is 4.58. The summed E-state index contributed by atoms with van der Waals surface area (Å²) in [6, 6.07) is 15.3. The van der Waals surface area contributed by atoms with Gasteiger partial charge in [0, 0.05) is 32.4 Å². The zero-order valence-corrected chi connectivity index (χ0v) is 22.2. The summed E-state index contributed by atoms with van der Waals surface area (Å²) in [5, 5.41) is 5.41. The molecule has 0 saturated heterocycles. The Morgan fingerprint density at radius 2 is 1.60 bits per heavy atom. The lowest BCUT2D eigenvalue weighted by molar-refractivity contribution is -0.116. The second-order valence-corrected chi connectivity index (χ2v) is 9.27. The fraction of sp³-hybridized carbons (Fsp3) is 0.185. The average molecular weight is 543 g/mol. The zero-order chi connectivity index (χ0) is 28.7. The van der Waals surface area contributed by atoms with Gasteiger partial charge < -0.3 is 15.2 Å². The minimum atomic E-state index is -0.565. The van der Waals surface area contributed by atoms with Crippen LogP contribution in [0.2, 0.25) is 0 Å². The van der Waals surface area contributed by atoms with E-state index >= 15 is 0 Å². The van der Waals surface area contributed by atoms with Gasteiger partial charge in [-0.15, -0.1) is 0 Å². The summed E-state index contributed by atoms with van der Waals surface area (Å²) in [6.07, 6.45) is 1.32. The number of imidazole rings is 1. The Kier molecular flexibility index (Phi) is 6.55. The second-order valence-electron chi connectivity index (χ2n) is 9.27. The molecule has 5 aromatic rings. The van der Waals surface area contributed by atoms with Gasteiger partial charge in [0.1, 0.15) is 12.2 Å². The molecular formula is C27H26N8O5. The van der Waals surface area contributed by atoms with Gasteiger partial charge >= 0.3 is 5.69 Å². The van der Waals surface area contributed by atoms with Gasteiger partial charge in [0.15, 0.2) is 11.2 Å². The van der Waals surface area contributed by atoms with Crippen LogP contribution in [-0.4, -0.2) is 39.9 Å². The number of rotatable bonds is 6. The number of hydrogen-bond donors (Lipinski definition) is 2. The molecule has 0 aliphatic rings. The highest BCUT2D eigenvalue weighted by Gasteiger charge is 2.20. The Labute approximate surface area is 226 Å². The molecule has 40 heavy (non-hydrogen) atoms. The molecule has 3 aromatic heterocycles. The number of para-hydroxylation sites is 1. The van der Waals surface area contributed by atoms with Gasteiger partial charge in [0.25, 0.3) is 17.0 Å². The molecular weight excluding hydrogens is 516 g/mol. The Morgan fingerprint density at radius 1 is 0.875 bits per heavy atom. The van der Waals surface area contributed by atoms with E-state index in [9.17, 15) is 24.0 Å². The van der Waals surface area contributed by atoms with Crippen molar-refractivity contribution in [2.24, 2.45) is 21.1 Å². The summed E-state index contributed by atoms with van der Waals surface area (Å²) in [5.41, 5.74) is 0.773. The number of nitrogens with zero attached hydrogens (tertiary/aromatic N) is 6.